The Kier molecular flexibility index (Phi) is 11.4. The molecule has 41 heavy (non-hydrogen) atoms. The SMILES string of the molecule is COC(=O)C1C(C)=NC(C)=C(C(=O)OCCCOc2ccc(CCOC3CCCCO3)cc2)C1c1ccccc1Cl. The van der Waals surface area contributed by atoms with Crippen molar-refractivity contribution in [1.29, 1.82) is 0 Å². The van der Waals surface area contributed by atoms with Crippen molar-refractivity contribution in [2.75, 3.05) is 33.5 Å². The van der Waals surface area contributed by atoms with Crippen LogP contribution in [-0.2, 0) is 35.0 Å². The highest BCUT2D eigenvalue weighted by Gasteiger charge is 2.42. The van der Waals surface area contributed by atoms with Crippen molar-refractivity contribution in [2.24, 2.45) is 10.9 Å². The maximum atomic E-state index is 13.3. The Morgan fingerprint density at radius 3 is 2.51 bits per heavy atom. The number of methoxy groups -OCH3 is 1. The second-order valence-corrected chi connectivity index (χ2v) is 10.6. The van der Waals surface area contributed by atoms with Gasteiger partial charge in [-0.1, -0.05) is 41.9 Å². The van der Waals surface area contributed by atoms with E-state index in [0.29, 0.717) is 47.2 Å². The first-order valence-corrected chi connectivity index (χ1v) is 14.5. The van der Waals surface area contributed by atoms with Crippen LogP contribution in [-0.4, -0.2) is 57.5 Å². The van der Waals surface area contributed by atoms with Gasteiger partial charge in [0.1, 0.15) is 11.7 Å². The number of hydrogen-bond acceptors (Lipinski definition) is 8. The molecule has 0 radical (unpaired) electrons. The average molecular weight is 584 g/mol. The summed E-state index contributed by atoms with van der Waals surface area (Å²) in [6.07, 6.45) is 4.45. The van der Waals surface area contributed by atoms with Crippen LogP contribution in [0.15, 0.2) is 64.8 Å². The number of benzene rings is 2. The smallest absolute Gasteiger partial charge is 0.336 e. The first-order chi connectivity index (χ1) is 19.9. The van der Waals surface area contributed by atoms with E-state index >= 15 is 0 Å². The lowest BCUT2D eigenvalue weighted by atomic mass is 9.75. The van der Waals surface area contributed by atoms with Crippen LogP contribution < -0.4 is 4.74 Å². The minimum Gasteiger partial charge on any atom is -0.493 e. The summed E-state index contributed by atoms with van der Waals surface area (Å²) in [4.78, 5) is 30.6. The molecule has 3 atom stereocenters. The van der Waals surface area contributed by atoms with Gasteiger partial charge in [0.2, 0.25) is 0 Å². The Bertz CT molecular complexity index is 1250. The number of carbonyl (C=O) groups excluding carboxylic acids is 2. The molecule has 1 saturated heterocycles. The third-order valence-corrected chi connectivity index (χ3v) is 7.63. The fraction of sp³-hybridized carbons (Fsp3) is 0.469. The number of ether oxygens (including phenoxy) is 5. The van der Waals surface area contributed by atoms with E-state index in [0.717, 1.165) is 43.6 Å². The standard InChI is InChI=1S/C32H38ClNO7/c1-21-28(31(35)37-3)30(25-9-4-5-10-26(25)33)29(22(2)34-21)32(36)41-19-8-18-38-24-14-12-23(13-15-24)16-20-40-27-11-6-7-17-39-27/h4-5,9-10,12-15,27-28,30H,6-8,11,16-20H2,1-3H3. The van der Waals surface area contributed by atoms with Crippen LogP contribution in [0.1, 0.15) is 56.6 Å². The lowest BCUT2D eigenvalue weighted by Gasteiger charge is -2.31. The van der Waals surface area contributed by atoms with E-state index in [1.165, 1.54) is 7.11 Å². The fourth-order valence-corrected chi connectivity index (χ4v) is 5.45. The quantitative estimate of drug-likeness (QED) is 0.221. The molecule has 2 aromatic carbocycles. The minimum absolute atomic E-state index is 0.0769. The highest BCUT2D eigenvalue weighted by Crippen LogP contribution is 2.42. The third-order valence-electron chi connectivity index (χ3n) is 7.29. The van der Waals surface area contributed by atoms with Crippen LogP contribution in [0.3, 0.4) is 0 Å². The number of halogens is 1. The maximum Gasteiger partial charge on any atom is 0.336 e. The van der Waals surface area contributed by atoms with E-state index in [1.807, 2.05) is 30.3 Å². The van der Waals surface area contributed by atoms with Crippen molar-refractivity contribution >= 4 is 29.3 Å². The number of rotatable bonds is 12. The Morgan fingerprint density at radius 2 is 1.80 bits per heavy atom. The lowest BCUT2D eigenvalue weighted by molar-refractivity contribution is -0.161. The van der Waals surface area contributed by atoms with Crippen molar-refractivity contribution in [3.63, 3.8) is 0 Å². The van der Waals surface area contributed by atoms with E-state index in [-0.39, 0.29) is 12.9 Å². The Balaban J connectivity index is 1.28. The monoisotopic (exact) mass is 583 g/mol. The number of hydrogen-bond donors (Lipinski definition) is 0. The predicted molar refractivity (Wildman–Crippen MR) is 156 cm³/mol. The average Bonchev–Trinajstić information content (AvgIpc) is 2.98. The van der Waals surface area contributed by atoms with Crippen molar-refractivity contribution in [3.05, 3.63) is 76.0 Å². The zero-order chi connectivity index (χ0) is 29.2. The van der Waals surface area contributed by atoms with E-state index in [2.05, 4.69) is 4.99 Å². The molecule has 0 aliphatic carbocycles. The summed E-state index contributed by atoms with van der Waals surface area (Å²) in [5, 5.41) is 0.449. The van der Waals surface area contributed by atoms with Crippen LogP contribution in [0.25, 0.3) is 0 Å². The highest BCUT2D eigenvalue weighted by molar-refractivity contribution is 6.31. The topological polar surface area (TPSA) is 92.7 Å². The molecule has 0 amide bonds. The molecule has 1 fully saturated rings. The van der Waals surface area contributed by atoms with Crippen molar-refractivity contribution < 1.29 is 33.3 Å². The molecule has 8 nitrogen and oxygen atoms in total. The highest BCUT2D eigenvalue weighted by atomic mass is 35.5. The third kappa shape index (κ3) is 8.18. The summed E-state index contributed by atoms with van der Waals surface area (Å²) in [7, 11) is 1.32. The zero-order valence-corrected chi connectivity index (χ0v) is 24.7. The molecule has 0 spiro atoms. The van der Waals surface area contributed by atoms with Gasteiger partial charge in [0.15, 0.2) is 6.29 Å². The summed E-state index contributed by atoms with van der Waals surface area (Å²) >= 11 is 6.51. The summed E-state index contributed by atoms with van der Waals surface area (Å²) < 4.78 is 27.9. The maximum absolute atomic E-state index is 13.3. The van der Waals surface area contributed by atoms with E-state index in [1.54, 1.807) is 32.0 Å². The molecule has 0 saturated carbocycles. The Labute approximate surface area is 246 Å². The number of nitrogens with zero attached hydrogens (tertiary/aromatic N) is 1. The molecule has 3 unspecified atom stereocenters. The Morgan fingerprint density at radius 1 is 1.02 bits per heavy atom. The number of carbonyl (C=O) groups is 2. The van der Waals surface area contributed by atoms with E-state index in [4.69, 9.17) is 35.3 Å². The van der Waals surface area contributed by atoms with Gasteiger partial charge in [0.05, 0.1) is 32.5 Å². The van der Waals surface area contributed by atoms with Gasteiger partial charge in [-0.2, -0.15) is 0 Å². The number of allylic oxidation sites excluding steroid dienone is 1. The Hall–Kier alpha value is -3.20. The summed E-state index contributed by atoms with van der Waals surface area (Å²) in [5.74, 6) is -1.74. The molecular weight excluding hydrogens is 546 g/mol. The largest absolute Gasteiger partial charge is 0.493 e. The van der Waals surface area contributed by atoms with Crippen LogP contribution >= 0.6 is 11.6 Å². The number of esters is 2. The molecule has 0 aromatic heterocycles. The van der Waals surface area contributed by atoms with Crippen molar-refractivity contribution in [2.45, 2.75) is 58.2 Å². The predicted octanol–water partition coefficient (Wildman–Crippen LogP) is 6.06. The molecule has 2 heterocycles. The van der Waals surface area contributed by atoms with Crippen LogP contribution in [0.2, 0.25) is 5.02 Å². The van der Waals surface area contributed by atoms with E-state index < -0.39 is 23.8 Å². The van der Waals surface area contributed by atoms with Crippen molar-refractivity contribution in [3.8, 4) is 5.75 Å². The van der Waals surface area contributed by atoms with E-state index in [9.17, 15) is 9.59 Å². The molecular formula is C32H38ClNO7. The minimum atomic E-state index is -0.787. The zero-order valence-electron chi connectivity index (χ0n) is 23.9. The molecule has 0 N–H and O–H groups in total. The molecule has 2 aliphatic rings. The van der Waals surface area contributed by atoms with Crippen LogP contribution in [0.5, 0.6) is 5.75 Å². The summed E-state index contributed by atoms with van der Waals surface area (Å²) in [6.45, 7) is 5.41. The van der Waals surface area contributed by atoms with Crippen molar-refractivity contribution in [1.82, 2.24) is 0 Å². The van der Waals surface area contributed by atoms with Gasteiger partial charge < -0.3 is 23.7 Å². The molecule has 0 bridgehead atoms. The molecule has 2 aliphatic heterocycles. The lowest BCUT2D eigenvalue weighted by Crippen LogP contribution is -2.36. The van der Waals surface area contributed by atoms with Gasteiger partial charge in [0.25, 0.3) is 0 Å². The normalized spacial score (nSPS) is 20.8. The first-order valence-electron chi connectivity index (χ1n) is 14.1. The second-order valence-electron chi connectivity index (χ2n) is 10.2. The summed E-state index contributed by atoms with van der Waals surface area (Å²) in [6, 6.07) is 15.0. The van der Waals surface area contributed by atoms with Gasteiger partial charge in [-0.15, -0.1) is 0 Å². The summed E-state index contributed by atoms with van der Waals surface area (Å²) in [5.41, 5.74) is 3.15. The van der Waals surface area contributed by atoms with Crippen LogP contribution in [0, 0.1) is 5.92 Å². The second kappa shape index (κ2) is 15.1. The van der Waals surface area contributed by atoms with Gasteiger partial charge in [-0.05, 0) is 68.9 Å². The number of aliphatic imine (C=N–C) groups is 1. The van der Waals surface area contributed by atoms with Gasteiger partial charge in [-0.3, -0.25) is 9.79 Å². The first kappa shape index (κ1) is 30.8. The molecule has 4 rings (SSSR count). The molecule has 2 aromatic rings. The molecule has 9 heteroatoms. The van der Waals surface area contributed by atoms with Gasteiger partial charge >= 0.3 is 11.9 Å². The van der Waals surface area contributed by atoms with Gasteiger partial charge in [0, 0.05) is 35.4 Å². The van der Waals surface area contributed by atoms with Crippen LogP contribution in [0.4, 0.5) is 0 Å². The molecule has 220 valence electrons. The van der Waals surface area contributed by atoms with Gasteiger partial charge in [-0.25, -0.2) is 4.79 Å². The fourth-order valence-electron chi connectivity index (χ4n) is 5.19.